The molecule has 0 aliphatic carbocycles. The molecule has 0 radical (unpaired) electrons. The maximum Gasteiger partial charge on any atom is 0.766 e. The molecule has 0 spiro atoms. The molecule has 1 atom stereocenters. The topological polar surface area (TPSA) is 78.6 Å². The van der Waals surface area contributed by atoms with Crippen LogP contribution < -0.4 is 5.73 Å². The standard InChI is InChI=1S/C8H17NOS.C2H6O3Si/c1-3-4-5-11-6-7(2)8(9)10;1-4-6(3)5-2/h7H,3-6H2,1-2H3,(H2,9,10);1-2H3. The minimum Gasteiger partial charge on any atom is -0.499 e. The summed E-state index contributed by atoms with van der Waals surface area (Å²) in [5.74, 6) is 1.86. The van der Waals surface area contributed by atoms with E-state index in [9.17, 15) is 9.26 Å². The molecule has 0 saturated carbocycles. The molecule has 2 N–H and O–H groups in total. The van der Waals surface area contributed by atoms with Crippen LogP contribution in [0.3, 0.4) is 0 Å². The highest BCUT2D eigenvalue weighted by Gasteiger charge is 2.07. The van der Waals surface area contributed by atoms with Crippen molar-refractivity contribution in [3.8, 4) is 0 Å². The molecule has 0 aromatic rings. The third-order valence-corrected chi connectivity index (χ3v) is 3.81. The number of carbonyl (C=O) groups excluding carboxylic acids is 1. The highest BCUT2D eigenvalue weighted by atomic mass is 32.2. The fraction of sp³-hybridized carbons (Fsp3) is 0.900. The summed E-state index contributed by atoms with van der Waals surface area (Å²) in [7, 11) is 0.558. The monoisotopic (exact) mass is 281 g/mol. The average molecular weight is 281 g/mol. The Morgan fingerprint density at radius 1 is 1.41 bits per heavy atom. The average Bonchev–Trinajstić information content (AvgIpc) is 2.33. The fourth-order valence-electron chi connectivity index (χ4n) is 0.672. The fourth-order valence-corrected chi connectivity index (χ4v) is 2.02. The van der Waals surface area contributed by atoms with Gasteiger partial charge in [-0.25, -0.2) is 0 Å². The van der Waals surface area contributed by atoms with Crippen LogP contribution in [0.15, 0.2) is 0 Å². The summed E-state index contributed by atoms with van der Waals surface area (Å²) in [5.41, 5.74) is 5.10. The van der Waals surface area contributed by atoms with Gasteiger partial charge in [-0.05, 0) is 12.2 Å². The molecule has 1 amide bonds. The minimum absolute atomic E-state index is 0.0249. The van der Waals surface area contributed by atoms with Gasteiger partial charge in [-0.15, -0.1) is 0 Å². The predicted molar refractivity (Wildman–Crippen MR) is 71.0 cm³/mol. The minimum atomic E-state index is -2.12. The molecule has 0 heterocycles. The smallest absolute Gasteiger partial charge is 0.499 e. The third kappa shape index (κ3) is 15.4. The first kappa shape index (κ1) is 18.8. The Hall–Kier alpha value is -0.563. The second-order valence-corrected chi connectivity index (χ2v) is 5.86. The summed E-state index contributed by atoms with van der Waals surface area (Å²) in [6.45, 7) is 4.04. The van der Waals surface area contributed by atoms with Crippen LogP contribution in [-0.2, 0) is 18.1 Å². The van der Waals surface area contributed by atoms with Gasteiger partial charge < -0.3 is 14.6 Å². The van der Waals surface area contributed by atoms with Gasteiger partial charge in [-0.3, -0.25) is 9.26 Å². The van der Waals surface area contributed by atoms with Crippen molar-refractivity contribution in [2.45, 2.75) is 26.7 Å². The number of rotatable bonds is 8. The van der Waals surface area contributed by atoms with Gasteiger partial charge in [-0.2, -0.15) is 11.8 Å². The highest BCUT2D eigenvalue weighted by molar-refractivity contribution is 7.99. The molecule has 0 rings (SSSR count). The van der Waals surface area contributed by atoms with Gasteiger partial charge in [0, 0.05) is 11.7 Å². The van der Waals surface area contributed by atoms with Gasteiger partial charge >= 0.3 is 9.17 Å². The van der Waals surface area contributed by atoms with Crippen LogP contribution >= 0.6 is 11.8 Å². The number of thioether (sulfide) groups is 1. The van der Waals surface area contributed by atoms with Gasteiger partial charge in [0.25, 0.3) is 0 Å². The number of carbonyl (C=O) groups is 1. The van der Waals surface area contributed by atoms with E-state index >= 15 is 0 Å². The number of primary amides is 1. The SMILES string of the molecule is CCCCSCC(C)C(N)=O.CO[Si](=O)OC. The number of hydrogen-bond acceptors (Lipinski definition) is 5. The highest BCUT2D eigenvalue weighted by Crippen LogP contribution is 2.09. The second kappa shape index (κ2) is 13.5. The largest absolute Gasteiger partial charge is 0.766 e. The molecule has 0 aromatic carbocycles. The maximum absolute atomic E-state index is 10.6. The van der Waals surface area contributed by atoms with Crippen molar-refractivity contribution in [1.29, 1.82) is 0 Å². The molecule has 0 aliphatic rings. The number of hydrogen-bond donors (Lipinski definition) is 1. The summed E-state index contributed by atoms with van der Waals surface area (Å²) in [5, 5.41) is 0. The zero-order valence-electron chi connectivity index (χ0n) is 11.0. The van der Waals surface area contributed by atoms with Crippen molar-refractivity contribution in [3.63, 3.8) is 0 Å². The van der Waals surface area contributed by atoms with E-state index in [0.717, 1.165) is 11.5 Å². The van der Waals surface area contributed by atoms with E-state index < -0.39 is 9.17 Å². The summed E-state index contributed by atoms with van der Waals surface area (Å²) in [4.78, 5) is 10.6. The molecule has 0 bridgehead atoms. The molecule has 0 fully saturated rings. The molecule has 102 valence electrons. The number of amides is 1. The van der Waals surface area contributed by atoms with Crippen molar-refractivity contribution in [3.05, 3.63) is 0 Å². The van der Waals surface area contributed by atoms with Crippen molar-refractivity contribution in [2.75, 3.05) is 25.7 Å². The lowest BCUT2D eigenvalue weighted by molar-refractivity contribution is -0.120. The van der Waals surface area contributed by atoms with E-state index in [4.69, 9.17) is 5.73 Å². The van der Waals surface area contributed by atoms with Crippen LogP contribution in [0, 0.1) is 5.92 Å². The van der Waals surface area contributed by atoms with Crippen LogP contribution in [0.5, 0.6) is 0 Å². The second-order valence-electron chi connectivity index (χ2n) is 3.39. The Kier molecular flexibility index (Phi) is 14.9. The lowest BCUT2D eigenvalue weighted by Crippen LogP contribution is -2.22. The van der Waals surface area contributed by atoms with Gasteiger partial charge in [0.2, 0.25) is 5.91 Å². The normalized spacial score (nSPS) is 10.8. The Balaban J connectivity index is 0. The van der Waals surface area contributed by atoms with Crippen molar-refractivity contribution < 1.29 is 18.1 Å². The molecule has 7 heteroatoms. The lowest BCUT2D eigenvalue weighted by Gasteiger charge is -2.05. The molecule has 0 saturated heterocycles. The number of unbranched alkanes of at least 4 members (excludes halogenated alkanes) is 1. The zero-order valence-corrected chi connectivity index (χ0v) is 12.8. The Bertz CT molecular complexity index is 210. The predicted octanol–water partition coefficient (Wildman–Crippen LogP) is 1.34. The van der Waals surface area contributed by atoms with Gasteiger partial charge in [0.15, 0.2) is 0 Å². The molecular weight excluding hydrogens is 258 g/mol. The van der Waals surface area contributed by atoms with Crippen molar-refractivity contribution >= 4 is 26.8 Å². The molecule has 0 aliphatic heterocycles. The van der Waals surface area contributed by atoms with Crippen LogP contribution in [0.1, 0.15) is 26.7 Å². The first-order valence-corrected chi connectivity index (χ1v) is 7.86. The Morgan fingerprint density at radius 3 is 2.24 bits per heavy atom. The van der Waals surface area contributed by atoms with Crippen LogP contribution in [-0.4, -0.2) is 40.8 Å². The summed E-state index contributed by atoms with van der Waals surface area (Å²) < 4.78 is 18.4. The van der Waals surface area contributed by atoms with Crippen molar-refractivity contribution in [1.82, 2.24) is 0 Å². The maximum atomic E-state index is 10.6. The van der Waals surface area contributed by atoms with E-state index in [-0.39, 0.29) is 11.8 Å². The van der Waals surface area contributed by atoms with Crippen molar-refractivity contribution in [2.24, 2.45) is 11.7 Å². The molecular formula is C10H23NO4SSi. The van der Waals surface area contributed by atoms with Crippen LogP contribution in [0.2, 0.25) is 0 Å². The summed E-state index contributed by atoms with van der Waals surface area (Å²) in [6, 6.07) is 0. The third-order valence-electron chi connectivity index (χ3n) is 1.83. The zero-order chi connectivity index (χ0) is 13.7. The molecule has 1 unspecified atom stereocenters. The van der Waals surface area contributed by atoms with E-state index in [0.29, 0.717) is 0 Å². The summed E-state index contributed by atoms with van der Waals surface area (Å²) in [6.07, 6.45) is 2.45. The van der Waals surface area contributed by atoms with Crippen LogP contribution in [0.25, 0.3) is 0 Å². The quantitative estimate of drug-likeness (QED) is 0.536. The first-order valence-electron chi connectivity index (χ1n) is 5.48. The van der Waals surface area contributed by atoms with Gasteiger partial charge in [0.1, 0.15) is 0 Å². The van der Waals surface area contributed by atoms with Crippen LogP contribution in [0.4, 0.5) is 0 Å². The molecule has 17 heavy (non-hydrogen) atoms. The number of nitrogens with two attached hydrogens (primary N) is 1. The van der Waals surface area contributed by atoms with E-state index in [1.54, 1.807) is 0 Å². The van der Waals surface area contributed by atoms with Gasteiger partial charge in [0.05, 0.1) is 14.2 Å². The van der Waals surface area contributed by atoms with E-state index in [1.807, 2.05) is 18.7 Å². The molecule has 5 nitrogen and oxygen atoms in total. The Labute approximate surface area is 109 Å². The first-order chi connectivity index (χ1) is 7.99. The molecule has 0 aromatic heterocycles. The lowest BCUT2D eigenvalue weighted by atomic mass is 10.2. The van der Waals surface area contributed by atoms with Gasteiger partial charge in [-0.1, -0.05) is 20.3 Å². The van der Waals surface area contributed by atoms with E-state index in [1.165, 1.54) is 27.1 Å². The summed E-state index contributed by atoms with van der Waals surface area (Å²) >= 11 is 1.81. The Morgan fingerprint density at radius 2 is 1.94 bits per heavy atom. The van der Waals surface area contributed by atoms with E-state index in [2.05, 4.69) is 15.8 Å².